The normalized spacial score (nSPS) is 10.0. The maximum Gasteiger partial charge on any atom is 0.473 e. The van der Waals surface area contributed by atoms with Crippen LogP contribution >= 0.6 is 0 Å². The molecule has 0 unspecified atom stereocenters. The minimum atomic E-state index is -2.11. The molecule has 0 aliphatic heterocycles. The van der Waals surface area contributed by atoms with E-state index in [-0.39, 0.29) is 0 Å². The molecule has 0 bridgehead atoms. The van der Waals surface area contributed by atoms with Gasteiger partial charge in [0, 0.05) is 0 Å². The van der Waals surface area contributed by atoms with Crippen molar-refractivity contribution in [2.45, 2.75) is 6.17 Å². The zero-order chi connectivity index (χ0) is 12.0. The summed E-state index contributed by atoms with van der Waals surface area (Å²) in [4.78, 5) is 27.9. The highest BCUT2D eigenvalue weighted by Crippen LogP contribution is 1.94. The van der Waals surface area contributed by atoms with E-state index >= 15 is 0 Å². The van der Waals surface area contributed by atoms with Crippen molar-refractivity contribution in [2.75, 3.05) is 20.4 Å². The van der Waals surface area contributed by atoms with Crippen LogP contribution in [0.25, 0.3) is 0 Å². The van der Waals surface area contributed by atoms with Gasteiger partial charge in [0.25, 0.3) is 0 Å². The minimum absolute atomic E-state index is 0.497. The fourth-order valence-electron chi connectivity index (χ4n) is 0.536. The van der Waals surface area contributed by atoms with Crippen LogP contribution in [0.15, 0.2) is 0 Å². The summed E-state index contributed by atoms with van der Waals surface area (Å²) in [6.45, 7) is -1.39. The van der Waals surface area contributed by atoms with Gasteiger partial charge in [-0.15, -0.1) is 5.01 Å². The van der Waals surface area contributed by atoms with Crippen molar-refractivity contribution < 1.29 is 19.6 Å². The van der Waals surface area contributed by atoms with Crippen molar-refractivity contribution in [3.8, 4) is 0 Å². The Morgan fingerprint density at radius 1 is 1.20 bits per heavy atom. The standard InChI is InChI=1S/C4H8N4O7/c1-5(8(13)14)3-15-2-4(6(9)10)7(11)12/h4H,2-3H2,1H3. The third kappa shape index (κ3) is 4.66. The summed E-state index contributed by atoms with van der Waals surface area (Å²) in [5.74, 6) is 0. The van der Waals surface area contributed by atoms with Crippen molar-refractivity contribution >= 4 is 0 Å². The minimum Gasteiger partial charge on any atom is -0.340 e. The quantitative estimate of drug-likeness (QED) is 0.303. The maximum absolute atomic E-state index is 10.1. The van der Waals surface area contributed by atoms with E-state index in [1.165, 1.54) is 0 Å². The molecule has 0 saturated heterocycles. The predicted molar refractivity (Wildman–Crippen MR) is 43.4 cm³/mol. The third-order valence-electron chi connectivity index (χ3n) is 1.31. The first-order chi connectivity index (χ1) is 6.86. The number of ether oxygens (including phenoxy) is 1. The fourth-order valence-corrected chi connectivity index (χ4v) is 0.536. The van der Waals surface area contributed by atoms with Gasteiger partial charge >= 0.3 is 6.17 Å². The van der Waals surface area contributed by atoms with Crippen LogP contribution < -0.4 is 0 Å². The maximum atomic E-state index is 10.1. The number of hydrogen-bond donors (Lipinski definition) is 0. The largest absolute Gasteiger partial charge is 0.473 e. The van der Waals surface area contributed by atoms with Gasteiger partial charge in [0.1, 0.15) is 0 Å². The Balaban J connectivity index is 3.97. The molecule has 0 aromatic carbocycles. The second-order valence-electron chi connectivity index (χ2n) is 2.45. The zero-order valence-electron chi connectivity index (χ0n) is 7.64. The van der Waals surface area contributed by atoms with Gasteiger partial charge in [-0.25, -0.2) is 10.1 Å². The first-order valence-corrected chi connectivity index (χ1v) is 3.56. The van der Waals surface area contributed by atoms with Gasteiger partial charge in [0.15, 0.2) is 18.4 Å². The summed E-state index contributed by atoms with van der Waals surface area (Å²) in [5.41, 5.74) is 0. The van der Waals surface area contributed by atoms with Crippen LogP contribution in [0, 0.1) is 30.3 Å². The molecular formula is C4H8N4O7. The Labute approximate surface area is 82.6 Å². The highest BCUT2D eigenvalue weighted by Gasteiger charge is 2.32. The molecule has 0 heterocycles. The van der Waals surface area contributed by atoms with Gasteiger partial charge in [-0.05, 0) is 0 Å². The highest BCUT2D eigenvalue weighted by atomic mass is 16.7. The lowest BCUT2D eigenvalue weighted by Crippen LogP contribution is -2.36. The fraction of sp³-hybridized carbons (Fsp3) is 1.00. The van der Waals surface area contributed by atoms with Gasteiger partial charge in [-0.2, -0.15) is 0 Å². The van der Waals surface area contributed by atoms with Crippen LogP contribution in [0.3, 0.4) is 0 Å². The van der Waals surface area contributed by atoms with Crippen molar-refractivity contribution in [1.29, 1.82) is 0 Å². The molecule has 15 heavy (non-hydrogen) atoms. The van der Waals surface area contributed by atoms with E-state index in [2.05, 4.69) is 4.74 Å². The van der Waals surface area contributed by atoms with Gasteiger partial charge < -0.3 is 4.74 Å². The van der Waals surface area contributed by atoms with Crippen molar-refractivity contribution in [1.82, 2.24) is 5.01 Å². The number of hydrogen-bond acceptors (Lipinski definition) is 7. The SMILES string of the molecule is CN(COCC([N+](=O)[O-])[N+](=O)[O-])[N+](=O)[O-]. The van der Waals surface area contributed by atoms with E-state index in [1.54, 1.807) is 0 Å². The molecular weight excluding hydrogens is 216 g/mol. The van der Waals surface area contributed by atoms with Crippen LogP contribution in [0.1, 0.15) is 0 Å². The van der Waals surface area contributed by atoms with Crippen molar-refractivity contribution in [3.05, 3.63) is 30.3 Å². The summed E-state index contributed by atoms with van der Waals surface area (Å²) < 4.78 is 4.44. The Morgan fingerprint density at radius 2 is 1.67 bits per heavy atom. The number of hydrazine groups is 1. The molecule has 0 radical (unpaired) electrons. The molecule has 0 rings (SSSR count). The molecule has 0 atom stereocenters. The monoisotopic (exact) mass is 224 g/mol. The van der Waals surface area contributed by atoms with Gasteiger partial charge in [-0.3, -0.25) is 20.2 Å². The Kier molecular flexibility index (Phi) is 4.87. The first-order valence-electron chi connectivity index (χ1n) is 3.56. The second-order valence-corrected chi connectivity index (χ2v) is 2.45. The Hall–Kier alpha value is -2.04. The molecule has 0 aromatic rings. The molecule has 0 N–H and O–H groups in total. The van der Waals surface area contributed by atoms with Crippen LogP contribution in [-0.4, -0.2) is 46.4 Å². The van der Waals surface area contributed by atoms with Crippen LogP contribution in [0.4, 0.5) is 0 Å². The lowest BCUT2D eigenvalue weighted by Gasteiger charge is -2.08. The van der Waals surface area contributed by atoms with E-state index in [0.717, 1.165) is 7.05 Å². The summed E-state index contributed by atoms with van der Waals surface area (Å²) in [5, 5.41) is 29.9. The van der Waals surface area contributed by atoms with E-state index in [0.29, 0.717) is 5.01 Å². The lowest BCUT2D eigenvalue weighted by atomic mass is 10.6. The summed E-state index contributed by atoms with van der Waals surface area (Å²) in [6, 6.07) is 0. The molecule has 0 spiro atoms. The van der Waals surface area contributed by atoms with Gasteiger partial charge in [0.2, 0.25) is 0 Å². The molecule has 0 saturated carbocycles. The molecule has 0 aromatic heterocycles. The molecule has 11 nitrogen and oxygen atoms in total. The van der Waals surface area contributed by atoms with Crippen molar-refractivity contribution in [2.24, 2.45) is 0 Å². The molecule has 0 aliphatic rings. The molecule has 0 amide bonds. The van der Waals surface area contributed by atoms with Crippen LogP contribution in [-0.2, 0) is 4.74 Å². The average molecular weight is 224 g/mol. The van der Waals surface area contributed by atoms with Crippen molar-refractivity contribution in [3.63, 3.8) is 0 Å². The molecule has 86 valence electrons. The summed E-state index contributed by atoms with van der Waals surface area (Å²) in [6.07, 6.45) is -2.11. The second kappa shape index (κ2) is 5.64. The molecule has 0 aliphatic carbocycles. The Bertz CT molecular complexity index is 254. The van der Waals surface area contributed by atoms with E-state index < -0.39 is 34.4 Å². The predicted octanol–water partition coefficient (Wildman–Crippen LogP) is -1.04. The van der Waals surface area contributed by atoms with Crippen LogP contribution in [0.2, 0.25) is 0 Å². The lowest BCUT2D eigenvalue weighted by molar-refractivity contribution is -0.745. The summed E-state index contributed by atoms with van der Waals surface area (Å²) >= 11 is 0. The average Bonchev–Trinajstić information content (AvgIpc) is 2.10. The smallest absolute Gasteiger partial charge is 0.340 e. The van der Waals surface area contributed by atoms with E-state index in [1.807, 2.05) is 0 Å². The van der Waals surface area contributed by atoms with Gasteiger partial charge in [0.05, 0.1) is 16.9 Å². The number of rotatable bonds is 7. The Morgan fingerprint density at radius 3 is 2.00 bits per heavy atom. The topological polar surface area (TPSA) is 142 Å². The number of nitrogens with zero attached hydrogens (tertiary/aromatic N) is 4. The van der Waals surface area contributed by atoms with Gasteiger partial charge in [-0.1, -0.05) is 0 Å². The molecule has 11 heteroatoms. The van der Waals surface area contributed by atoms with Crippen LogP contribution in [0.5, 0.6) is 0 Å². The number of nitro groups is 3. The van der Waals surface area contributed by atoms with E-state index in [9.17, 15) is 30.3 Å². The zero-order valence-corrected chi connectivity index (χ0v) is 7.64. The third-order valence-corrected chi connectivity index (χ3v) is 1.31. The van der Waals surface area contributed by atoms with E-state index in [4.69, 9.17) is 0 Å². The molecule has 0 fully saturated rings. The highest BCUT2D eigenvalue weighted by molar-refractivity contribution is 4.37. The first kappa shape index (κ1) is 13.0. The summed E-state index contributed by atoms with van der Waals surface area (Å²) in [7, 11) is 1.06.